The van der Waals surface area contributed by atoms with E-state index in [1.165, 1.54) is 12.1 Å². The molecule has 2 aromatic carbocycles. The molecule has 0 amide bonds. The number of aliphatic carboxylic acids is 1. The van der Waals surface area contributed by atoms with Crippen molar-refractivity contribution in [2.45, 2.75) is 25.5 Å². The third-order valence-electron chi connectivity index (χ3n) is 4.10. The van der Waals surface area contributed by atoms with Crippen LogP contribution in [0.25, 0.3) is 0 Å². The number of aliphatic hydroxyl groups excluding tert-OH is 1. The Morgan fingerprint density at radius 1 is 1.26 bits per heavy atom. The van der Waals surface area contributed by atoms with Gasteiger partial charge in [-0.3, -0.25) is 0 Å². The number of carbonyl (C=O) groups is 1. The van der Waals surface area contributed by atoms with Gasteiger partial charge in [-0.2, -0.15) is 5.26 Å². The molecule has 7 nitrogen and oxygen atoms in total. The van der Waals surface area contributed by atoms with Crippen LogP contribution in [0.2, 0.25) is 0 Å². The van der Waals surface area contributed by atoms with E-state index in [-0.39, 0.29) is 23.1 Å². The number of hydrogen-bond acceptors (Lipinski definition) is 6. The summed E-state index contributed by atoms with van der Waals surface area (Å²) >= 11 is 0. The van der Waals surface area contributed by atoms with E-state index >= 15 is 0 Å². The molecule has 0 fully saturated rings. The van der Waals surface area contributed by atoms with Gasteiger partial charge >= 0.3 is 5.97 Å². The van der Waals surface area contributed by atoms with Crippen LogP contribution in [0.4, 0.5) is 0 Å². The highest BCUT2D eigenvalue weighted by Crippen LogP contribution is 2.21. The summed E-state index contributed by atoms with van der Waals surface area (Å²) in [5.41, 5.74) is 1.89. The number of nitriles is 1. The molecule has 0 saturated heterocycles. The number of benzene rings is 2. The summed E-state index contributed by atoms with van der Waals surface area (Å²) in [6, 6.07) is 13.2. The molecule has 0 aliphatic rings. The lowest BCUT2D eigenvalue weighted by Gasteiger charge is -2.21. The van der Waals surface area contributed by atoms with E-state index in [1.54, 1.807) is 30.3 Å². The lowest BCUT2D eigenvalue weighted by molar-refractivity contribution is -0.139. The van der Waals surface area contributed by atoms with Crippen molar-refractivity contribution in [1.29, 1.82) is 5.26 Å². The number of rotatable bonds is 9. The third kappa shape index (κ3) is 5.99. The predicted molar refractivity (Wildman–Crippen MR) is 98.5 cm³/mol. The molecule has 142 valence electrons. The first-order chi connectivity index (χ1) is 12.9. The molecule has 2 rings (SSSR count). The fourth-order valence-corrected chi connectivity index (χ4v) is 2.60. The van der Waals surface area contributed by atoms with Crippen LogP contribution in [0.15, 0.2) is 42.5 Å². The Morgan fingerprint density at radius 2 is 1.96 bits per heavy atom. The van der Waals surface area contributed by atoms with Crippen molar-refractivity contribution in [3.63, 3.8) is 0 Å². The Bertz CT molecular complexity index is 814. The minimum atomic E-state index is -1.10. The lowest BCUT2D eigenvalue weighted by atomic mass is 10.0. The van der Waals surface area contributed by atoms with Crippen LogP contribution in [-0.4, -0.2) is 40.5 Å². The fourth-order valence-electron chi connectivity index (χ4n) is 2.60. The Morgan fingerprint density at radius 3 is 2.59 bits per heavy atom. The number of nitrogens with one attached hydrogen (secondary N) is 1. The SMILES string of the molecule is C[C@H](NCCc1ccc(OCC(=O)O)c(C#N)c1)[C@@H](O)c1ccc(O)cc1. The molecule has 0 heterocycles. The van der Waals surface area contributed by atoms with Gasteiger partial charge in [-0.05, 0) is 55.3 Å². The molecular weight excluding hydrogens is 348 g/mol. The summed E-state index contributed by atoms with van der Waals surface area (Å²) in [5, 5.41) is 40.7. The van der Waals surface area contributed by atoms with Gasteiger partial charge in [-0.25, -0.2) is 4.79 Å². The van der Waals surface area contributed by atoms with Crippen LogP contribution in [0.5, 0.6) is 11.5 Å². The fraction of sp³-hybridized carbons (Fsp3) is 0.300. The lowest BCUT2D eigenvalue weighted by Crippen LogP contribution is -2.33. The Balaban J connectivity index is 1.89. The molecule has 4 N–H and O–H groups in total. The first kappa shape index (κ1) is 20.2. The summed E-state index contributed by atoms with van der Waals surface area (Å²) < 4.78 is 5.09. The topological polar surface area (TPSA) is 123 Å². The van der Waals surface area contributed by atoms with Crippen LogP contribution in [0.3, 0.4) is 0 Å². The van der Waals surface area contributed by atoms with Crippen molar-refractivity contribution in [3.8, 4) is 17.6 Å². The van der Waals surface area contributed by atoms with Gasteiger partial charge in [0, 0.05) is 6.04 Å². The molecule has 0 spiro atoms. The van der Waals surface area contributed by atoms with Crippen molar-refractivity contribution < 1.29 is 24.9 Å². The van der Waals surface area contributed by atoms with E-state index in [0.717, 1.165) is 5.56 Å². The van der Waals surface area contributed by atoms with Crippen LogP contribution >= 0.6 is 0 Å². The van der Waals surface area contributed by atoms with Gasteiger partial charge < -0.3 is 25.4 Å². The molecule has 27 heavy (non-hydrogen) atoms. The van der Waals surface area contributed by atoms with E-state index in [4.69, 9.17) is 9.84 Å². The van der Waals surface area contributed by atoms with E-state index in [9.17, 15) is 20.3 Å². The van der Waals surface area contributed by atoms with Gasteiger partial charge in [0.2, 0.25) is 0 Å². The number of phenolic OH excluding ortho intramolecular Hbond substituents is 1. The van der Waals surface area contributed by atoms with Gasteiger partial charge in [0.1, 0.15) is 17.6 Å². The Hall–Kier alpha value is -3.08. The second kappa shape index (κ2) is 9.57. The van der Waals surface area contributed by atoms with Gasteiger partial charge in [0.25, 0.3) is 0 Å². The summed E-state index contributed by atoms with van der Waals surface area (Å²) in [5.74, 6) is -0.711. The number of aliphatic hydroxyl groups is 1. The van der Waals surface area contributed by atoms with Crippen LogP contribution in [0.1, 0.15) is 29.7 Å². The van der Waals surface area contributed by atoms with Gasteiger partial charge in [-0.1, -0.05) is 18.2 Å². The van der Waals surface area contributed by atoms with Gasteiger partial charge in [0.05, 0.1) is 11.7 Å². The van der Waals surface area contributed by atoms with Crippen LogP contribution < -0.4 is 10.1 Å². The molecule has 0 aliphatic carbocycles. The number of aromatic hydroxyl groups is 1. The number of hydrogen-bond donors (Lipinski definition) is 4. The van der Waals surface area contributed by atoms with Crippen molar-refractivity contribution in [2.75, 3.05) is 13.2 Å². The zero-order valence-electron chi connectivity index (χ0n) is 14.9. The molecule has 0 saturated carbocycles. The van der Waals surface area contributed by atoms with Crippen LogP contribution in [0, 0.1) is 11.3 Å². The van der Waals surface area contributed by atoms with E-state index < -0.39 is 18.7 Å². The standard InChI is InChI=1S/C20H22N2O5/c1-13(20(26)15-3-5-17(23)6-4-15)22-9-8-14-2-7-18(16(10-14)11-21)27-12-19(24)25/h2-7,10,13,20,22-23,26H,8-9,12H2,1H3,(H,24,25)/t13-,20+/m0/s1. The van der Waals surface area contributed by atoms with Crippen molar-refractivity contribution in [1.82, 2.24) is 5.32 Å². The number of ether oxygens (including phenoxy) is 1. The van der Waals surface area contributed by atoms with E-state index in [2.05, 4.69) is 5.32 Å². The first-order valence-corrected chi connectivity index (χ1v) is 8.48. The molecule has 0 radical (unpaired) electrons. The predicted octanol–water partition coefficient (Wildman–Crippen LogP) is 1.98. The normalized spacial score (nSPS) is 12.8. The molecule has 7 heteroatoms. The average Bonchev–Trinajstić information content (AvgIpc) is 2.66. The molecule has 0 aromatic heterocycles. The molecule has 0 unspecified atom stereocenters. The van der Waals surface area contributed by atoms with Gasteiger partial charge in [-0.15, -0.1) is 0 Å². The summed E-state index contributed by atoms with van der Waals surface area (Å²) in [6.45, 7) is 1.94. The second-order valence-electron chi connectivity index (χ2n) is 6.15. The smallest absolute Gasteiger partial charge is 0.341 e. The number of phenols is 1. The van der Waals surface area contributed by atoms with E-state index in [0.29, 0.717) is 18.5 Å². The monoisotopic (exact) mass is 370 g/mol. The zero-order valence-corrected chi connectivity index (χ0v) is 14.9. The summed E-state index contributed by atoms with van der Waals surface area (Å²) in [4.78, 5) is 10.6. The number of carboxylic acid groups (broad SMARTS) is 1. The molecule has 2 aromatic rings. The maximum atomic E-state index is 10.6. The average molecular weight is 370 g/mol. The quantitative estimate of drug-likeness (QED) is 0.532. The second-order valence-corrected chi connectivity index (χ2v) is 6.15. The highest BCUT2D eigenvalue weighted by atomic mass is 16.5. The van der Waals surface area contributed by atoms with Gasteiger partial charge in [0.15, 0.2) is 6.61 Å². The molecular formula is C20H22N2O5. The largest absolute Gasteiger partial charge is 0.508 e. The maximum Gasteiger partial charge on any atom is 0.341 e. The number of carboxylic acids is 1. The highest BCUT2D eigenvalue weighted by Gasteiger charge is 2.16. The summed E-state index contributed by atoms with van der Waals surface area (Å²) in [6.07, 6.45) is -0.0902. The minimum absolute atomic E-state index is 0.149. The summed E-state index contributed by atoms with van der Waals surface area (Å²) in [7, 11) is 0. The molecule has 2 atom stereocenters. The first-order valence-electron chi connectivity index (χ1n) is 8.48. The Labute approximate surface area is 157 Å². The zero-order chi connectivity index (χ0) is 19.8. The van der Waals surface area contributed by atoms with Crippen LogP contribution in [-0.2, 0) is 11.2 Å². The third-order valence-corrected chi connectivity index (χ3v) is 4.10. The van der Waals surface area contributed by atoms with Crippen molar-refractivity contribution in [2.24, 2.45) is 0 Å². The Kier molecular flexibility index (Phi) is 7.17. The molecule has 0 bridgehead atoms. The molecule has 0 aliphatic heterocycles. The highest BCUT2D eigenvalue weighted by molar-refractivity contribution is 5.68. The minimum Gasteiger partial charge on any atom is -0.508 e. The maximum absolute atomic E-state index is 10.6. The van der Waals surface area contributed by atoms with Crippen molar-refractivity contribution >= 4 is 5.97 Å². The van der Waals surface area contributed by atoms with E-state index in [1.807, 2.05) is 13.0 Å². The van der Waals surface area contributed by atoms with Crippen molar-refractivity contribution in [3.05, 3.63) is 59.2 Å². The number of nitrogens with zero attached hydrogens (tertiary/aromatic N) is 1.